The van der Waals surface area contributed by atoms with Crippen LogP contribution in [0.4, 0.5) is 11.5 Å². The van der Waals surface area contributed by atoms with E-state index >= 15 is 0 Å². The Labute approximate surface area is 93.8 Å². The Hall–Kier alpha value is -2.17. The molecule has 82 valence electrons. The molecule has 0 amide bonds. The SMILES string of the molecule is Cc1nc(NCc2ccncn2)ccc1N. The minimum atomic E-state index is 0.624. The van der Waals surface area contributed by atoms with Crippen LogP contribution in [0, 0.1) is 6.92 Å². The Balaban J connectivity index is 2.03. The first-order valence-electron chi connectivity index (χ1n) is 4.97. The van der Waals surface area contributed by atoms with Gasteiger partial charge in [-0.3, -0.25) is 0 Å². The van der Waals surface area contributed by atoms with E-state index in [-0.39, 0.29) is 0 Å². The van der Waals surface area contributed by atoms with Crippen molar-refractivity contribution in [1.29, 1.82) is 0 Å². The average Bonchev–Trinajstić information content (AvgIpc) is 2.32. The zero-order chi connectivity index (χ0) is 11.4. The Morgan fingerprint density at radius 3 is 2.88 bits per heavy atom. The van der Waals surface area contributed by atoms with Crippen molar-refractivity contribution in [2.75, 3.05) is 11.1 Å². The molecular formula is C11H13N5. The van der Waals surface area contributed by atoms with Gasteiger partial charge in [-0.25, -0.2) is 15.0 Å². The predicted octanol–water partition coefficient (Wildman–Crippen LogP) is 1.37. The van der Waals surface area contributed by atoms with Gasteiger partial charge in [-0.05, 0) is 25.1 Å². The highest BCUT2D eigenvalue weighted by atomic mass is 15.0. The Bertz CT molecular complexity index is 469. The summed E-state index contributed by atoms with van der Waals surface area (Å²) < 4.78 is 0. The second kappa shape index (κ2) is 4.57. The topological polar surface area (TPSA) is 76.7 Å². The van der Waals surface area contributed by atoms with Gasteiger partial charge in [-0.1, -0.05) is 0 Å². The van der Waals surface area contributed by atoms with Crippen molar-refractivity contribution >= 4 is 11.5 Å². The van der Waals surface area contributed by atoms with Crippen LogP contribution < -0.4 is 11.1 Å². The number of rotatable bonds is 3. The highest BCUT2D eigenvalue weighted by Crippen LogP contribution is 2.12. The second-order valence-corrected chi connectivity index (χ2v) is 3.43. The number of nitrogens with zero attached hydrogens (tertiary/aromatic N) is 3. The molecule has 5 heteroatoms. The number of pyridine rings is 1. The number of nitrogens with two attached hydrogens (primary N) is 1. The Morgan fingerprint density at radius 2 is 2.19 bits per heavy atom. The van der Waals surface area contributed by atoms with Gasteiger partial charge in [0.1, 0.15) is 12.1 Å². The highest BCUT2D eigenvalue weighted by molar-refractivity contribution is 5.49. The van der Waals surface area contributed by atoms with E-state index in [2.05, 4.69) is 20.3 Å². The van der Waals surface area contributed by atoms with E-state index in [0.717, 1.165) is 17.2 Å². The number of aromatic nitrogens is 3. The van der Waals surface area contributed by atoms with Crippen LogP contribution in [0.15, 0.2) is 30.7 Å². The molecule has 2 aromatic rings. The third-order valence-corrected chi connectivity index (χ3v) is 2.22. The fourth-order valence-electron chi connectivity index (χ4n) is 1.27. The molecule has 0 spiro atoms. The van der Waals surface area contributed by atoms with Crippen LogP contribution in [0.25, 0.3) is 0 Å². The lowest BCUT2D eigenvalue weighted by Crippen LogP contribution is -2.04. The van der Waals surface area contributed by atoms with Crippen LogP contribution in [0.5, 0.6) is 0 Å². The molecule has 16 heavy (non-hydrogen) atoms. The van der Waals surface area contributed by atoms with Gasteiger partial charge in [0.05, 0.1) is 23.6 Å². The van der Waals surface area contributed by atoms with E-state index in [0.29, 0.717) is 12.2 Å². The Kier molecular flexibility index (Phi) is 2.95. The minimum Gasteiger partial charge on any atom is -0.397 e. The van der Waals surface area contributed by atoms with Crippen LogP contribution in [0.1, 0.15) is 11.4 Å². The van der Waals surface area contributed by atoms with Crippen LogP contribution in [-0.2, 0) is 6.54 Å². The van der Waals surface area contributed by atoms with Crippen molar-refractivity contribution in [2.24, 2.45) is 0 Å². The lowest BCUT2D eigenvalue weighted by molar-refractivity contribution is 0.993. The van der Waals surface area contributed by atoms with E-state index in [4.69, 9.17) is 5.73 Å². The van der Waals surface area contributed by atoms with Crippen LogP contribution in [0.2, 0.25) is 0 Å². The molecule has 0 saturated carbocycles. The Morgan fingerprint density at radius 1 is 1.31 bits per heavy atom. The minimum absolute atomic E-state index is 0.624. The number of nitrogens with one attached hydrogen (secondary N) is 1. The number of aryl methyl sites for hydroxylation is 1. The maximum Gasteiger partial charge on any atom is 0.126 e. The normalized spacial score (nSPS) is 10.1. The van der Waals surface area contributed by atoms with Crippen LogP contribution in [0.3, 0.4) is 0 Å². The zero-order valence-corrected chi connectivity index (χ0v) is 9.01. The summed E-state index contributed by atoms with van der Waals surface area (Å²) in [6.07, 6.45) is 3.24. The third-order valence-electron chi connectivity index (χ3n) is 2.22. The number of hydrogen-bond donors (Lipinski definition) is 2. The maximum absolute atomic E-state index is 5.69. The lowest BCUT2D eigenvalue weighted by atomic mass is 10.3. The molecule has 0 bridgehead atoms. The average molecular weight is 215 g/mol. The summed E-state index contributed by atoms with van der Waals surface area (Å²) in [5.74, 6) is 0.797. The summed E-state index contributed by atoms with van der Waals surface area (Å²) in [5.41, 5.74) is 8.14. The fraction of sp³-hybridized carbons (Fsp3) is 0.182. The molecule has 0 aliphatic heterocycles. The summed E-state index contributed by atoms with van der Waals surface area (Å²) >= 11 is 0. The second-order valence-electron chi connectivity index (χ2n) is 3.43. The van der Waals surface area contributed by atoms with E-state index in [1.54, 1.807) is 6.20 Å². The smallest absolute Gasteiger partial charge is 0.126 e. The first kappa shape index (κ1) is 10.4. The van der Waals surface area contributed by atoms with E-state index in [1.165, 1.54) is 6.33 Å². The van der Waals surface area contributed by atoms with Gasteiger partial charge in [-0.2, -0.15) is 0 Å². The van der Waals surface area contributed by atoms with Gasteiger partial charge >= 0.3 is 0 Å². The van der Waals surface area contributed by atoms with Gasteiger partial charge in [0, 0.05) is 6.20 Å². The summed E-state index contributed by atoms with van der Waals surface area (Å²) in [5, 5.41) is 3.17. The van der Waals surface area contributed by atoms with Crippen molar-refractivity contribution in [3.05, 3.63) is 42.1 Å². The fourth-order valence-corrected chi connectivity index (χ4v) is 1.27. The standard InChI is InChI=1S/C11H13N5/c1-8-10(12)2-3-11(16-8)14-6-9-4-5-13-7-15-9/h2-5,7H,6,12H2,1H3,(H,14,16). The summed E-state index contributed by atoms with van der Waals surface area (Å²) in [4.78, 5) is 12.3. The molecule has 0 saturated heterocycles. The van der Waals surface area contributed by atoms with E-state index in [9.17, 15) is 0 Å². The number of hydrogen-bond acceptors (Lipinski definition) is 5. The molecule has 0 aliphatic carbocycles. The molecule has 0 fully saturated rings. The third kappa shape index (κ3) is 2.44. The maximum atomic E-state index is 5.69. The van der Waals surface area contributed by atoms with Crippen molar-refractivity contribution in [2.45, 2.75) is 13.5 Å². The van der Waals surface area contributed by atoms with Gasteiger partial charge in [0.25, 0.3) is 0 Å². The first-order chi connectivity index (χ1) is 7.75. The summed E-state index contributed by atoms with van der Waals surface area (Å²) in [7, 11) is 0. The van der Waals surface area contributed by atoms with E-state index < -0.39 is 0 Å². The van der Waals surface area contributed by atoms with E-state index in [1.807, 2.05) is 25.1 Å². The van der Waals surface area contributed by atoms with Gasteiger partial charge in [0.15, 0.2) is 0 Å². The molecule has 3 N–H and O–H groups in total. The number of anilines is 2. The van der Waals surface area contributed by atoms with Crippen molar-refractivity contribution in [3.63, 3.8) is 0 Å². The van der Waals surface area contributed by atoms with Crippen LogP contribution >= 0.6 is 0 Å². The van der Waals surface area contributed by atoms with Crippen molar-refractivity contribution in [3.8, 4) is 0 Å². The molecule has 0 radical (unpaired) electrons. The van der Waals surface area contributed by atoms with Gasteiger partial charge in [-0.15, -0.1) is 0 Å². The molecule has 0 aromatic carbocycles. The summed E-state index contributed by atoms with van der Waals surface area (Å²) in [6, 6.07) is 5.55. The molecule has 5 nitrogen and oxygen atoms in total. The van der Waals surface area contributed by atoms with Crippen molar-refractivity contribution < 1.29 is 0 Å². The molecule has 0 unspecified atom stereocenters. The lowest BCUT2D eigenvalue weighted by Gasteiger charge is -2.06. The molecule has 2 rings (SSSR count). The van der Waals surface area contributed by atoms with Crippen molar-refractivity contribution in [1.82, 2.24) is 15.0 Å². The molecule has 2 heterocycles. The zero-order valence-electron chi connectivity index (χ0n) is 9.01. The first-order valence-corrected chi connectivity index (χ1v) is 4.97. The molecular weight excluding hydrogens is 202 g/mol. The van der Waals surface area contributed by atoms with Gasteiger partial charge < -0.3 is 11.1 Å². The molecule has 2 aromatic heterocycles. The monoisotopic (exact) mass is 215 g/mol. The quantitative estimate of drug-likeness (QED) is 0.808. The largest absolute Gasteiger partial charge is 0.397 e. The molecule has 0 atom stereocenters. The molecule has 0 aliphatic rings. The van der Waals surface area contributed by atoms with Crippen LogP contribution in [-0.4, -0.2) is 15.0 Å². The summed E-state index contributed by atoms with van der Waals surface area (Å²) in [6.45, 7) is 2.50. The number of nitrogen functional groups attached to an aromatic ring is 1. The highest BCUT2D eigenvalue weighted by Gasteiger charge is 1.98. The predicted molar refractivity (Wildman–Crippen MR) is 62.7 cm³/mol. The van der Waals surface area contributed by atoms with Gasteiger partial charge in [0.2, 0.25) is 0 Å².